The Morgan fingerprint density at radius 2 is 1.64 bits per heavy atom. The van der Waals surface area contributed by atoms with E-state index in [2.05, 4.69) is 20.6 Å². The Balaban J connectivity index is 1.85. The minimum Gasteiger partial charge on any atom is -0.351 e. The molecule has 1 aliphatic carbocycles. The first-order chi connectivity index (χ1) is 11.9. The second-order valence-electron chi connectivity index (χ2n) is 6.07. The Kier molecular flexibility index (Phi) is 5.06. The third-order valence-electron chi connectivity index (χ3n) is 4.07. The minimum absolute atomic E-state index is 0.00671. The summed E-state index contributed by atoms with van der Waals surface area (Å²) in [5.74, 6) is -0.470. The van der Waals surface area contributed by atoms with Crippen molar-refractivity contribution in [3.63, 3.8) is 0 Å². The Labute approximate surface area is 142 Å². The maximum Gasteiger partial charge on any atom is 0.433 e. The number of hydrogen-bond donors (Lipinski definition) is 2. The lowest BCUT2D eigenvalue weighted by atomic mass is 9.96. The molecule has 0 spiro atoms. The van der Waals surface area contributed by atoms with Crippen LogP contribution in [0.3, 0.4) is 0 Å². The highest BCUT2D eigenvalue weighted by molar-refractivity contribution is 5.57. The number of alkyl halides is 3. The van der Waals surface area contributed by atoms with E-state index in [1.807, 2.05) is 0 Å². The quantitative estimate of drug-likeness (QED) is 0.748. The van der Waals surface area contributed by atoms with E-state index >= 15 is 0 Å². The lowest BCUT2D eigenvalue weighted by Gasteiger charge is -2.23. The molecule has 0 radical (unpaired) electrons. The molecule has 1 aromatic heterocycles. The topological polar surface area (TPSA) is 49.8 Å². The van der Waals surface area contributed by atoms with Crippen LogP contribution in [0.5, 0.6) is 0 Å². The Morgan fingerprint density at radius 3 is 2.28 bits per heavy atom. The smallest absolute Gasteiger partial charge is 0.351 e. The molecule has 1 fully saturated rings. The first kappa shape index (κ1) is 17.4. The van der Waals surface area contributed by atoms with Gasteiger partial charge in [-0.3, -0.25) is 0 Å². The van der Waals surface area contributed by atoms with Crippen LogP contribution in [-0.2, 0) is 6.18 Å². The van der Waals surface area contributed by atoms with E-state index in [4.69, 9.17) is 0 Å². The van der Waals surface area contributed by atoms with Crippen molar-refractivity contribution < 1.29 is 17.6 Å². The Morgan fingerprint density at radius 1 is 0.960 bits per heavy atom. The average Bonchev–Trinajstić information content (AvgIpc) is 2.57. The third kappa shape index (κ3) is 4.80. The largest absolute Gasteiger partial charge is 0.433 e. The van der Waals surface area contributed by atoms with E-state index in [9.17, 15) is 17.6 Å². The normalized spacial score (nSPS) is 15.8. The highest BCUT2D eigenvalue weighted by Gasteiger charge is 2.34. The molecule has 1 saturated carbocycles. The van der Waals surface area contributed by atoms with Crippen LogP contribution >= 0.6 is 0 Å². The van der Waals surface area contributed by atoms with E-state index in [1.165, 1.54) is 24.3 Å². The summed E-state index contributed by atoms with van der Waals surface area (Å²) in [7, 11) is 0. The standard InChI is InChI=1S/C17H18F4N4/c18-11-6-8-13(9-7-11)22-15-10-14(17(19,20)21)24-16(25-15)23-12-4-2-1-3-5-12/h6-10,12H,1-5H2,(H2,22,23,24,25). The minimum atomic E-state index is -4.58. The summed E-state index contributed by atoms with van der Waals surface area (Å²) in [6, 6.07) is 6.22. The number of benzene rings is 1. The van der Waals surface area contributed by atoms with E-state index in [-0.39, 0.29) is 17.8 Å². The maximum atomic E-state index is 13.1. The Hall–Kier alpha value is -2.38. The number of rotatable bonds is 4. The van der Waals surface area contributed by atoms with Crippen LogP contribution in [0.15, 0.2) is 30.3 Å². The summed E-state index contributed by atoms with van der Waals surface area (Å²) < 4.78 is 52.3. The van der Waals surface area contributed by atoms with Crippen LogP contribution in [0.2, 0.25) is 0 Å². The Bertz CT molecular complexity index is 710. The summed E-state index contributed by atoms with van der Waals surface area (Å²) in [5, 5.41) is 5.77. The molecule has 2 N–H and O–H groups in total. The molecule has 25 heavy (non-hydrogen) atoms. The van der Waals surface area contributed by atoms with Gasteiger partial charge in [0.25, 0.3) is 0 Å². The van der Waals surface area contributed by atoms with Gasteiger partial charge in [0.2, 0.25) is 5.95 Å². The lowest BCUT2D eigenvalue weighted by Crippen LogP contribution is -2.24. The molecule has 0 bridgehead atoms. The zero-order valence-electron chi connectivity index (χ0n) is 13.4. The van der Waals surface area contributed by atoms with Gasteiger partial charge in [-0.25, -0.2) is 9.37 Å². The third-order valence-corrected chi connectivity index (χ3v) is 4.07. The van der Waals surface area contributed by atoms with E-state index in [0.717, 1.165) is 38.2 Å². The van der Waals surface area contributed by atoms with Gasteiger partial charge in [0.05, 0.1) is 0 Å². The van der Waals surface area contributed by atoms with Crippen LogP contribution in [0, 0.1) is 5.82 Å². The van der Waals surface area contributed by atoms with E-state index in [1.54, 1.807) is 0 Å². The predicted octanol–water partition coefficient (Wildman–Crippen LogP) is 5.12. The predicted molar refractivity (Wildman–Crippen MR) is 87.2 cm³/mol. The first-order valence-corrected chi connectivity index (χ1v) is 8.15. The van der Waals surface area contributed by atoms with E-state index < -0.39 is 17.7 Å². The fourth-order valence-electron chi connectivity index (χ4n) is 2.83. The van der Waals surface area contributed by atoms with Crippen molar-refractivity contribution in [1.29, 1.82) is 0 Å². The fraction of sp³-hybridized carbons (Fsp3) is 0.412. The number of nitrogens with one attached hydrogen (secondary N) is 2. The van der Waals surface area contributed by atoms with Crippen molar-refractivity contribution in [1.82, 2.24) is 9.97 Å². The van der Waals surface area contributed by atoms with E-state index in [0.29, 0.717) is 5.69 Å². The van der Waals surface area contributed by atoms with Crippen LogP contribution in [0.1, 0.15) is 37.8 Å². The lowest BCUT2D eigenvalue weighted by molar-refractivity contribution is -0.141. The molecule has 1 aliphatic rings. The SMILES string of the molecule is Fc1ccc(Nc2cc(C(F)(F)F)nc(NC3CCCCC3)n2)cc1. The average molecular weight is 354 g/mol. The molecule has 0 atom stereocenters. The molecule has 0 saturated heterocycles. The van der Waals surface area contributed by atoms with Crippen molar-refractivity contribution in [2.24, 2.45) is 0 Å². The molecular formula is C17H18F4N4. The molecule has 4 nitrogen and oxygen atoms in total. The molecule has 0 amide bonds. The fourth-order valence-corrected chi connectivity index (χ4v) is 2.83. The zero-order valence-corrected chi connectivity index (χ0v) is 13.4. The molecule has 134 valence electrons. The van der Waals surface area contributed by atoms with Crippen molar-refractivity contribution in [2.45, 2.75) is 44.3 Å². The highest BCUT2D eigenvalue weighted by atomic mass is 19.4. The highest BCUT2D eigenvalue weighted by Crippen LogP contribution is 2.31. The second kappa shape index (κ2) is 7.25. The number of halogens is 4. The zero-order chi connectivity index (χ0) is 17.9. The van der Waals surface area contributed by atoms with Gasteiger partial charge < -0.3 is 10.6 Å². The number of nitrogens with zero attached hydrogens (tertiary/aromatic N) is 2. The number of anilines is 3. The van der Waals surface area contributed by atoms with Gasteiger partial charge in [0, 0.05) is 17.8 Å². The van der Waals surface area contributed by atoms with Crippen molar-refractivity contribution in [2.75, 3.05) is 10.6 Å². The van der Waals surface area contributed by atoms with Gasteiger partial charge in [0.15, 0.2) is 5.69 Å². The van der Waals surface area contributed by atoms with Gasteiger partial charge >= 0.3 is 6.18 Å². The molecule has 8 heteroatoms. The van der Waals surface area contributed by atoms with Gasteiger partial charge in [-0.1, -0.05) is 19.3 Å². The molecule has 3 rings (SSSR count). The summed E-state index contributed by atoms with van der Waals surface area (Å²) in [5.41, 5.74) is -0.581. The monoisotopic (exact) mass is 354 g/mol. The molecular weight excluding hydrogens is 336 g/mol. The summed E-state index contributed by atoms with van der Waals surface area (Å²) in [4.78, 5) is 7.74. The summed E-state index contributed by atoms with van der Waals surface area (Å²) in [6.45, 7) is 0. The van der Waals surface area contributed by atoms with Crippen molar-refractivity contribution in [3.05, 3.63) is 41.8 Å². The molecule has 2 aromatic rings. The summed E-state index contributed by atoms with van der Waals surface area (Å²) in [6.07, 6.45) is 0.416. The second-order valence-corrected chi connectivity index (χ2v) is 6.07. The summed E-state index contributed by atoms with van der Waals surface area (Å²) >= 11 is 0. The maximum absolute atomic E-state index is 13.1. The van der Waals surface area contributed by atoms with Crippen LogP contribution in [0.25, 0.3) is 0 Å². The van der Waals surface area contributed by atoms with Crippen LogP contribution < -0.4 is 10.6 Å². The van der Waals surface area contributed by atoms with Gasteiger partial charge in [-0.15, -0.1) is 0 Å². The van der Waals surface area contributed by atoms with Gasteiger partial charge in [-0.2, -0.15) is 18.2 Å². The van der Waals surface area contributed by atoms with Crippen molar-refractivity contribution in [3.8, 4) is 0 Å². The van der Waals surface area contributed by atoms with Crippen LogP contribution in [0.4, 0.5) is 35.0 Å². The number of aromatic nitrogens is 2. The molecule has 1 heterocycles. The van der Waals surface area contributed by atoms with Crippen molar-refractivity contribution >= 4 is 17.5 Å². The molecule has 0 unspecified atom stereocenters. The van der Waals surface area contributed by atoms with Gasteiger partial charge in [-0.05, 0) is 37.1 Å². The molecule has 1 aromatic carbocycles. The number of hydrogen-bond acceptors (Lipinski definition) is 4. The molecule has 0 aliphatic heterocycles. The first-order valence-electron chi connectivity index (χ1n) is 8.15. The van der Waals surface area contributed by atoms with Gasteiger partial charge in [0.1, 0.15) is 11.6 Å². The van der Waals surface area contributed by atoms with Crippen LogP contribution in [-0.4, -0.2) is 16.0 Å².